The molecule has 1 heterocycles. The molecule has 1 atom stereocenters. The van der Waals surface area contributed by atoms with Crippen molar-refractivity contribution in [2.45, 2.75) is 39.2 Å². The van der Waals surface area contributed by atoms with Crippen molar-refractivity contribution in [2.24, 2.45) is 0 Å². The molecule has 7 heteroatoms. The zero-order chi connectivity index (χ0) is 27.1. The second-order valence-electron chi connectivity index (χ2n) is 9.08. The number of carbonyl (C=O) groups is 2. The first kappa shape index (κ1) is 27.3. The minimum Gasteiger partial charge on any atom is -0.507 e. The van der Waals surface area contributed by atoms with E-state index in [1.807, 2.05) is 43.3 Å². The summed E-state index contributed by atoms with van der Waals surface area (Å²) in [6.45, 7) is 5.26. The number of benzene rings is 3. The summed E-state index contributed by atoms with van der Waals surface area (Å²) in [5.74, 6) is -0.489. The Kier molecular flexibility index (Phi) is 9.08. The van der Waals surface area contributed by atoms with Gasteiger partial charge >= 0.3 is 0 Å². The van der Waals surface area contributed by atoms with Crippen molar-refractivity contribution in [3.05, 3.63) is 100 Å². The van der Waals surface area contributed by atoms with Crippen LogP contribution in [0.1, 0.15) is 49.4 Å². The van der Waals surface area contributed by atoms with Crippen LogP contribution in [0.2, 0.25) is 5.02 Å². The van der Waals surface area contributed by atoms with Crippen LogP contribution in [0, 0.1) is 0 Å². The standard InChI is InChI=1S/C31H32ClNO5/c1-3-5-19-38-25-16-13-23(20-26(25)37-4-2)28-27(29(34)22-11-14-24(32)15-12-22)30(35)31(36)33(28)18-17-21-9-7-6-8-10-21/h6-16,20,28,34H,3-5,17-19H2,1-2H3. The number of amides is 1. The summed E-state index contributed by atoms with van der Waals surface area (Å²) < 4.78 is 11.8. The maximum atomic E-state index is 13.4. The monoisotopic (exact) mass is 533 g/mol. The lowest BCUT2D eigenvalue weighted by molar-refractivity contribution is -0.139. The van der Waals surface area contributed by atoms with Crippen molar-refractivity contribution < 1.29 is 24.2 Å². The Hall–Kier alpha value is -3.77. The molecule has 3 aromatic carbocycles. The predicted octanol–water partition coefficient (Wildman–Crippen LogP) is 6.58. The largest absolute Gasteiger partial charge is 0.507 e. The Morgan fingerprint density at radius 2 is 1.68 bits per heavy atom. The molecule has 38 heavy (non-hydrogen) atoms. The quantitative estimate of drug-likeness (QED) is 0.130. The van der Waals surface area contributed by atoms with Gasteiger partial charge in [-0.15, -0.1) is 0 Å². The lowest BCUT2D eigenvalue weighted by Crippen LogP contribution is -2.31. The summed E-state index contributed by atoms with van der Waals surface area (Å²) in [5, 5.41) is 11.8. The van der Waals surface area contributed by atoms with E-state index in [1.54, 1.807) is 36.4 Å². The van der Waals surface area contributed by atoms with Crippen LogP contribution in [0.3, 0.4) is 0 Å². The van der Waals surface area contributed by atoms with Gasteiger partial charge in [-0.2, -0.15) is 0 Å². The minimum atomic E-state index is -0.793. The van der Waals surface area contributed by atoms with Crippen molar-refractivity contribution in [3.8, 4) is 11.5 Å². The third-order valence-electron chi connectivity index (χ3n) is 6.48. The number of Topliss-reactive ketones (excluding diaryl/α,β-unsaturated/α-hetero) is 1. The van der Waals surface area contributed by atoms with Gasteiger partial charge in [-0.25, -0.2) is 0 Å². The summed E-state index contributed by atoms with van der Waals surface area (Å²) in [5.41, 5.74) is 2.14. The number of ether oxygens (including phenoxy) is 2. The van der Waals surface area contributed by atoms with Gasteiger partial charge < -0.3 is 19.5 Å². The molecule has 6 nitrogen and oxygen atoms in total. The number of likely N-dealkylation sites (tertiary alicyclic amines) is 1. The summed E-state index contributed by atoms with van der Waals surface area (Å²) in [7, 11) is 0. The zero-order valence-corrected chi connectivity index (χ0v) is 22.4. The first-order valence-electron chi connectivity index (χ1n) is 12.9. The van der Waals surface area contributed by atoms with E-state index in [0.29, 0.717) is 53.8 Å². The van der Waals surface area contributed by atoms with Gasteiger partial charge in [0.1, 0.15) is 5.76 Å². The molecule has 1 fully saturated rings. The molecule has 1 amide bonds. The highest BCUT2D eigenvalue weighted by Gasteiger charge is 2.46. The molecule has 1 unspecified atom stereocenters. The Labute approximate surface area is 228 Å². The van der Waals surface area contributed by atoms with Crippen molar-refractivity contribution in [1.82, 2.24) is 4.90 Å². The summed E-state index contributed by atoms with van der Waals surface area (Å²) in [4.78, 5) is 28.2. The van der Waals surface area contributed by atoms with Crippen LogP contribution in [0.25, 0.3) is 5.76 Å². The first-order valence-corrected chi connectivity index (χ1v) is 13.3. The van der Waals surface area contributed by atoms with Crippen LogP contribution >= 0.6 is 11.6 Å². The van der Waals surface area contributed by atoms with Crippen LogP contribution in [-0.4, -0.2) is 41.5 Å². The highest BCUT2D eigenvalue weighted by Crippen LogP contribution is 2.42. The van der Waals surface area contributed by atoms with Gasteiger partial charge in [0, 0.05) is 17.1 Å². The maximum Gasteiger partial charge on any atom is 0.295 e. The molecule has 0 saturated carbocycles. The molecule has 0 aliphatic carbocycles. The van der Waals surface area contributed by atoms with Crippen LogP contribution in [0.15, 0.2) is 78.4 Å². The molecular weight excluding hydrogens is 502 g/mol. The molecular formula is C31H32ClNO5. The fraction of sp³-hybridized carbons (Fsp3) is 0.290. The predicted molar refractivity (Wildman–Crippen MR) is 149 cm³/mol. The number of aliphatic hydroxyl groups excluding tert-OH is 1. The van der Waals surface area contributed by atoms with E-state index in [9.17, 15) is 14.7 Å². The van der Waals surface area contributed by atoms with Crippen molar-refractivity contribution in [2.75, 3.05) is 19.8 Å². The van der Waals surface area contributed by atoms with Crippen LogP contribution in [0.5, 0.6) is 11.5 Å². The van der Waals surface area contributed by atoms with Gasteiger partial charge in [-0.05, 0) is 67.3 Å². The van der Waals surface area contributed by atoms with Gasteiger partial charge in [0.25, 0.3) is 11.7 Å². The van der Waals surface area contributed by atoms with Crippen LogP contribution in [-0.2, 0) is 16.0 Å². The topological polar surface area (TPSA) is 76.1 Å². The molecule has 4 rings (SSSR count). The smallest absolute Gasteiger partial charge is 0.295 e. The number of nitrogens with zero attached hydrogens (tertiary/aromatic N) is 1. The minimum absolute atomic E-state index is 0.0347. The first-order chi connectivity index (χ1) is 18.4. The Bertz CT molecular complexity index is 1300. The van der Waals surface area contributed by atoms with E-state index in [4.69, 9.17) is 21.1 Å². The number of hydrogen-bond donors (Lipinski definition) is 1. The molecule has 0 spiro atoms. The molecule has 1 saturated heterocycles. The summed E-state index contributed by atoms with van der Waals surface area (Å²) in [6.07, 6.45) is 2.47. The second kappa shape index (κ2) is 12.7. The molecule has 3 aromatic rings. The zero-order valence-electron chi connectivity index (χ0n) is 21.7. The van der Waals surface area contributed by atoms with Crippen LogP contribution < -0.4 is 9.47 Å². The Morgan fingerprint density at radius 1 is 0.947 bits per heavy atom. The fourth-order valence-corrected chi connectivity index (χ4v) is 4.65. The van der Waals surface area contributed by atoms with E-state index >= 15 is 0 Å². The summed E-state index contributed by atoms with van der Waals surface area (Å²) >= 11 is 6.03. The van der Waals surface area contributed by atoms with Crippen molar-refractivity contribution in [1.29, 1.82) is 0 Å². The highest BCUT2D eigenvalue weighted by atomic mass is 35.5. The Morgan fingerprint density at radius 3 is 2.37 bits per heavy atom. The fourth-order valence-electron chi connectivity index (χ4n) is 4.52. The average molecular weight is 534 g/mol. The van der Waals surface area contributed by atoms with E-state index in [0.717, 1.165) is 18.4 Å². The molecule has 0 radical (unpaired) electrons. The van der Waals surface area contributed by atoms with Crippen molar-refractivity contribution in [3.63, 3.8) is 0 Å². The van der Waals surface area contributed by atoms with Gasteiger partial charge in [0.15, 0.2) is 11.5 Å². The number of rotatable bonds is 11. The van der Waals surface area contributed by atoms with E-state index in [1.165, 1.54) is 4.90 Å². The van der Waals surface area contributed by atoms with Gasteiger partial charge in [0.2, 0.25) is 0 Å². The molecule has 198 valence electrons. The number of halogens is 1. The SMILES string of the molecule is CCCCOc1ccc(C2C(=C(O)c3ccc(Cl)cc3)C(=O)C(=O)N2CCc2ccccc2)cc1OCC. The van der Waals surface area contributed by atoms with Crippen molar-refractivity contribution >= 4 is 29.1 Å². The molecule has 0 bridgehead atoms. The van der Waals surface area contributed by atoms with Crippen LogP contribution in [0.4, 0.5) is 0 Å². The van der Waals surface area contributed by atoms with Gasteiger partial charge in [-0.1, -0.05) is 61.3 Å². The number of aliphatic hydroxyl groups is 1. The third-order valence-corrected chi connectivity index (χ3v) is 6.73. The third kappa shape index (κ3) is 6.03. The number of ketones is 1. The van der Waals surface area contributed by atoms with E-state index < -0.39 is 17.7 Å². The highest BCUT2D eigenvalue weighted by molar-refractivity contribution is 6.46. The lowest BCUT2D eigenvalue weighted by atomic mass is 9.95. The molecule has 1 aliphatic rings. The number of unbranched alkanes of at least 4 members (excludes halogenated alkanes) is 1. The second-order valence-corrected chi connectivity index (χ2v) is 9.51. The Balaban J connectivity index is 1.79. The average Bonchev–Trinajstić information content (AvgIpc) is 3.18. The normalized spacial score (nSPS) is 16.6. The molecule has 0 aromatic heterocycles. The molecule has 1 aliphatic heterocycles. The maximum absolute atomic E-state index is 13.4. The number of hydrogen-bond acceptors (Lipinski definition) is 5. The van der Waals surface area contributed by atoms with E-state index in [2.05, 4.69) is 6.92 Å². The van der Waals surface area contributed by atoms with Gasteiger partial charge in [0.05, 0.1) is 24.8 Å². The van der Waals surface area contributed by atoms with Gasteiger partial charge in [-0.3, -0.25) is 9.59 Å². The summed E-state index contributed by atoms with van der Waals surface area (Å²) in [6, 6.07) is 20.9. The lowest BCUT2D eigenvalue weighted by Gasteiger charge is -2.26. The molecule has 1 N–H and O–H groups in total. The number of carbonyl (C=O) groups excluding carboxylic acids is 2. The van der Waals surface area contributed by atoms with E-state index in [-0.39, 0.29) is 11.3 Å².